The number of aryl methyl sites for hydroxylation is 1. The van der Waals surface area contributed by atoms with Gasteiger partial charge in [-0.15, -0.1) is 0 Å². The van der Waals surface area contributed by atoms with Gasteiger partial charge in [-0.3, -0.25) is 0 Å². The summed E-state index contributed by atoms with van der Waals surface area (Å²) in [6.45, 7) is 1.89. The van der Waals surface area contributed by atoms with Crippen LogP contribution in [0.2, 0.25) is 0 Å². The molecule has 21 heavy (non-hydrogen) atoms. The van der Waals surface area contributed by atoms with Crippen molar-refractivity contribution in [3.05, 3.63) is 59.7 Å². The van der Waals surface area contributed by atoms with Gasteiger partial charge in [0.05, 0.1) is 23.9 Å². The minimum Gasteiger partial charge on any atom is -0.497 e. The predicted molar refractivity (Wildman–Crippen MR) is 81.2 cm³/mol. The third-order valence-electron chi connectivity index (χ3n) is 3.26. The van der Waals surface area contributed by atoms with Crippen molar-refractivity contribution >= 4 is 9.84 Å². The fraction of sp³-hybridized carbons (Fsp3) is 0.250. The molecule has 1 unspecified atom stereocenters. The molecule has 0 radical (unpaired) electrons. The summed E-state index contributed by atoms with van der Waals surface area (Å²) in [7, 11) is -1.97. The maximum atomic E-state index is 12.3. The monoisotopic (exact) mass is 306 g/mol. The molecule has 2 rings (SSSR count). The molecule has 112 valence electrons. The highest BCUT2D eigenvalue weighted by Crippen LogP contribution is 2.22. The van der Waals surface area contributed by atoms with Gasteiger partial charge in [-0.2, -0.15) is 0 Å². The van der Waals surface area contributed by atoms with Crippen LogP contribution in [0.4, 0.5) is 0 Å². The van der Waals surface area contributed by atoms with Gasteiger partial charge in [0, 0.05) is 0 Å². The second kappa shape index (κ2) is 6.28. The second-order valence-corrected chi connectivity index (χ2v) is 6.92. The van der Waals surface area contributed by atoms with Crippen molar-refractivity contribution < 1.29 is 18.3 Å². The first-order valence-corrected chi connectivity index (χ1v) is 8.19. The van der Waals surface area contributed by atoms with E-state index in [1.54, 1.807) is 55.6 Å². The molecule has 0 aliphatic heterocycles. The molecular weight excluding hydrogens is 288 g/mol. The van der Waals surface area contributed by atoms with Crippen molar-refractivity contribution in [1.82, 2.24) is 0 Å². The number of hydrogen-bond donors (Lipinski definition) is 1. The van der Waals surface area contributed by atoms with Crippen LogP contribution in [0.5, 0.6) is 5.75 Å². The molecule has 0 fully saturated rings. The number of aliphatic hydroxyl groups excluding tert-OH is 1. The van der Waals surface area contributed by atoms with Crippen molar-refractivity contribution in [2.45, 2.75) is 17.9 Å². The quantitative estimate of drug-likeness (QED) is 0.922. The van der Waals surface area contributed by atoms with E-state index in [-0.39, 0.29) is 10.6 Å². The van der Waals surface area contributed by atoms with Gasteiger partial charge >= 0.3 is 0 Å². The summed E-state index contributed by atoms with van der Waals surface area (Å²) in [6.07, 6.45) is -1.07. The van der Waals surface area contributed by atoms with Crippen LogP contribution in [0, 0.1) is 6.92 Å². The van der Waals surface area contributed by atoms with Crippen LogP contribution in [-0.4, -0.2) is 26.4 Å². The molecule has 0 aliphatic carbocycles. The molecule has 0 saturated heterocycles. The first kappa shape index (κ1) is 15.5. The highest BCUT2D eigenvalue weighted by molar-refractivity contribution is 7.91. The molecule has 0 saturated carbocycles. The van der Waals surface area contributed by atoms with Crippen LogP contribution < -0.4 is 4.74 Å². The normalized spacial score (nSPS) is 12.9. The zero-order chi connectivity index (χ0) is 15.5. The summed E-state index contributed by atoms with van der Waals surface area (Å²) in [5.41, 5.74) is 1.54. The van der Waals surface area contributed by atoms with Gasteiger partial charge in [-0.05, 0) is 36.8 Å². The van der Waals surface area contributed by atoms with Gasteiger partial charge < -0.3 is 9.84 Å². The van der Waals surface area contributed by atoms with Crippen molar-refractivity contribution in [2.24, 2.45) is 0 Å². The number of methoxy groups -OCH3 is 1. The third-order valence-corrected chi connectivity index (χ3v) is 5.00. The Balaban J connectivity index is 2.17. The summed E-state index contributed by atoms with van der Waals surface area (Å²) >= 11 is 0. The minimum atomic E-state index is -3.52. The SMILES string of the molecule is COc1ccc(C(O)CS(=O)(=O)c2ccc(C)cc2)cc1. The third kappa shape index (κ3) is 3.83. The summed E-state index contributed by atoms with van der Waals surface area (Å²) in [5, 5.41) is 10.1. The number of rotatable bonds is 5. The van der Waals surface area contributed by atoms with Gasteiger partial charge in [0.1, 0.15) is 5.75 Å². The second-order valence-electron chi connectivity index (χ2n) is 4.88. The Morgan fingerprint density at radius 3 is 2.14 bits per heavy atom. The Kier molecular flexibility index (Phi) is 4.65. The first-order valence-electron chi connectivity index (χ1n) is 6.54. The highest BCUT2D eigenvalue weighted by atomic mass is 32.2. The van der Waals surface area contributed by atoms with Crippen molar-refractivity contribution in [3.8, 4) is 5.75 Å². The molecule has 2 aromatic carbocycles. The lowest BCUT2D eigenvalue weighted by molar-refractivity contribution is 0.201. The molecule has 0 bridgehead atoms. The zero-order valence-corrected chi connectivity index (χ0v) is 12.8. The molecule has 0 heterocycles. The van der Waals surface area contributed by atoms with Crippen LogP contribution in [0.1, 0.15) is 17.2 Å². The number of aliphatic hydroxyl groups is 1. The molecule has 1 N–H and O–H groups in total. The van der Waals surface area contributed by atoms with E-state index in [9.17, 15) is 13.5 Å². The molecule has 4 nitrogen and oxygen atoms in total. The van der Waals surface area contributed by atoms with Gasteiger partial charge in [0.25, 0.3) is 0 Å². The van der Waals surface area contributed by atoms with E-state index in [0.29, 0.717) is 11.3 Å². The Labute approximate surface area is 124 Å². The molecule has 0 amide bonds. The smallest absolute Gasteiger partial charge is 0.181 e. The largest absolute Gasteiger partial charge is 0.497 e. The fourth-order valence-electron chi connectivity index (χ4n) is 1.97. The Morgan fingerprint density at radius 1 is 1.05 bits per heavy atom. The van der Waals surface area contributed by atoms with Gasteiger partial charge in [-0.25, -0.2) is 8.42 Å². The van der Waals surface area contributed by atoms with Crippen molar-refractivity contribution in [2.75, 3.05) is 12.9 Å². The number of hydrogen-bond acceptors (Lipinski definition) is 4. The number of ether oxygens (including phenoxy) is 1. The topological polar surface area (TPSA) is 63.6 Å². The average Bonchev–Trinajstić information content (AvgIpc) is 2.47. The Bertz CT molecular complexity index is 688. The molecule has 0 spiro atoms. The lowest BCUT2D eigenvalue weighted by Gasteiger charge is -2.12. The van der Waals surface area contributed by atoms with Crippen LogP contribution in [0.25, 0.3) is 0 Å². The summed E-state index contributed by atoms with van der Waals surface area (Å²) < 4.78 is 29.6. The maximum absolute atomic E-state index is 12.3. The number of benzene rings is 2. The summed E-state index contributed by atoms with van der Waals surface area (Å²) in [6, 6.07) is 13.3. The van der Waals surface area contributed by atoms with Crippen LogP contribution in [-0.2, 0) is 9.84 Å². The number of sulfone groups is 1. The van der Waals surface area contributed by atoms with E-state index in [2.05, 4.69) is 0 Å². The van der Waals surface area contributed by atoms with Gasteiger partial charge in [-0.1, -0.05) is 29.8 Å². The summed E-state index contributed by atoms with van der Waals surface area (Å²) in [5.74, 6) is 0.315. The summed E-state index contributed by atoms with van der Waals surface area (Å²) in [4.78, 5) is 0.223. The molecule has 0 aromatic heterocycles. The van der Waals surface area contributed by atoms with E-state index in [4.69, 9.17) is 4.74 Å². The van der Waals surface area contributed by atoms with E-state index in [1.807, 2.05) is 6.92 Å². The van der Waals surface area contributed by atoms with E-state index in [0.717, 1.165) is 5.56 Å². The first-order chi connectivity index (χ1) is 9.92. The fourth-order valence-corrected chi connectivity index (χ4v) is 3.32. The van der Waals surface area contributed by atoms with E-state index < -0.39 is 15.9 Å². The van der Waals surface area contributed by atoms with Gasteiger partial charge in [0.2, 0.25) is 0 Å². The molecule has 2 aromatic rings. The van der Waals surface area contributed by atoms with Crippen molar-refractivity contribution in [1.29, 1.82) is 0 Å². The van der Waals surface area contributed by atoms with E-state index >= 15 is 0 Å². The highest BCUT2D eigenvalue weighted by Gasteiger charge is 2.20. The van der Waals surface area contributed by atoms with Crippen LogP contribution in [0.15, 0.2) is 53.4 Å². The van der Waals surface area contributed by atoms with E-state index in [1.165, 1.54) is 0 Å². The molecule has 1 atom stereocenters. The Hall–Kier alpha value is -1.85. The van der Waals surface area contributed by atoms with Gasteiger partial charge in [0.15, 0.2) is 9.84 Å². The standard InChI is InChI=1S/C16H18O4S/c1-12-3-9-15(10-4-12)21(18,19)11-16(17)13-5-7-14(20-2)8-6-13/h3-10,16-17H,11H2,1-2H3. The average molecular weight is 306 g/mol. The lowest BCUT2D eigenvalue weighted by Crippen LogP contribution is -2.14. The Morgan fingerprint density at radius 2 is 1.62 bits per heavy atom. The maximum Gasteiger partial charge on any atom is 0.181 e. The predicted octanol–water partition coefficient (Wildman–Crippen LogP) is 2.51. The van der Waals surface area contributed by atoms with Crippen LogP contribution >= 0.6 is 0 Å². The lowest BCUT2D eigenvalue weighted by atomic mass is 10.1. The molecular formula is C16H18O4S. The van der Waals surface area contributed by atoms with Crippen molar-refractivity contribution in [3.63, 3.8) is 0 Å². The minimum absolute atomic E-state index is 0.223. The molecule has 0 aliphatic rings. The zero-order valence-electron chi connectivity index (χ0n) is 12.0. The molecule has 5 heteroatoms. The van der Waals surface area contributed by atoms with Crippen LogP contribution in [0.3, 0.4) is 0 Å².